The van der Waals surface area contributed by atoms with Crippen molar-refractivity contribution in [2.75, 3.05) is 23.8 Å². The molecule has 1 N–H and O–H groups in total. The van der Waals surface area contributed by atoms with Crippen LogP contribution >= 0.6 is 11.8 Å². The molecule has 0 unspecified atom stereocenters. The molecule has 2 aliphatic rings. The number of carbonyl (C=O) groups is 2. The number of nitrogens with zero attached hydrogens (tertiary/aromatic N) is 2. The maximum absolute atomic E-state index is 12.5. The van der Waals surface area contributed by atoms with Gasteiger partial charge in [0, 0.05) is 18.8 Å². The smallest absolute Gasteiger partial charge is 0.264 e. The fourth-order valence-corrected chi connectivity index (χ4v) is 3.82. The number of anilines is 1. The van der Waals surface area contributed by atoms with Gasteiger partial charge in [0.05, 0.1) is 11.9 Å². The lowest BCUT2D eigenvalue weighted by Gasteiger charge is -2.19. The van der Waals surface area contributed by atoms with Gasteiger partial charge in [-0.2, -0.15) is 5.26 Å². The molecule has 25 heavy (non-hydrogen) atoms. The number of carbonyl (C=O) groups excluding carboxylic acids is 2. The second kappa shape index (κ2) is 7.72. The van der Waals surface area contributed by atoms with Crippen molar-refractivity contribution in [1.29, 1.82) is 5.26 Å². The minimum atomic E-state index is -0.465. The van der Waals surface area contributed by atoms with Crippen LogP contribution in [0.15, 0.2) is 34.9 Å². The summed E-state index contributed by atoms with van der Waals surface area (Å²) < 4.78 is 5.48. The third kappa shape index (κ3) is 3.86. The van der Waals surface area contributed by atoms with E-state index in [1.54, 1.807) is 0 Å². The summed E-state index contributed by atoms with van der Waals surface area (Å²) in [6.45, 7) is 3.04. The van der Waals surface area contributed by atoms with Crippen molar-refractivity contribution in [2.24, 2.45) is 0 Å². The van der Waals surface area contributed by atoms with Gasteiger partial charge in [-0.25, -0.2) is 0 Å². The topological polar surface area (TPSA) is 82.4 Å². The molecular formula is C18H19N3O3S. The molecule has 0 spiro atoms. The van der Waals surface area contributed by atoms with Crippen molar-refractivity contribution in [2.45, 2.75) is 25.9 Å². The van der Waals surface area contributed by atoms with Crippen LogP contribution < -0.4 is 10.2 Å². The zero-order chi connectivity index (χ0) is 17.8. The highest BCUT2D eigenvalue weighted by Gasteiger charge is 2.33. The van der Waals surface area contributed by atoms with E-state index in [-0.39, 0.29) is 23.3 Å². The first-order chi connectivity index (χ1) is 12.1. The van der Waals surface area contributed by atoms with Gasteiger partial charge in [-0.1, -0.05) is 29.5 Å². The molecule has 0 radical (unpaired) electrons. The lowest BCUT2D eigenvalue weighted by atomic mass is 10.2. The lowest BCUT2D eigenvalue weighted by molar-refractivity contribution is -0.117. The summed E-state index contributed by atoms with van der Waals surface area (Å²) in [5, 5.41) is 12.6. The summed E-state index contributed by atoms with van der Waals surface area (Å²) in [4.78, 5) is 26.2. The average molecular weight is 357 g/mol. The Hall–Kier alpha value is -2.30. The molecule has 1 atom stereocenters. The van der Waals surface area contributed by atoms with Gasteiger partial charge in [-0.3, -0.25) is 14.5 Å². The fraction of sp³-hybridized carbons (Fsp3) is 0.389. The largest absolute Gasteiger partial charge is 0.376 e. The summed E-state index contributed by atoms with van der Waals surface area (Å²) in [6.07, 6.45) is 1.89. The van der Waals surface area contributed by atoms with Crippen molar-refractivity contribution in [3.05, 3.63) is 40.4 Å². The van der Waals surface area contributed by atoms with Crippen molar-refractivity contribution < 1.29 is 14.3 Å². The number of nitrogens with one attached hydrogen (secondary N) is 1. The van der Waals surface area contributed by atoms with Crippen molar-refractivity contribution >= 4 is 29.3 Å². The van der Waals surface area contributed by atoms with Crippen LogP contribution in [0.3, 0.4) is 0 Å². The van der Waals surface area contributed by atoms with Crippen LogP contribution in [-0.2, 0) is 14.3 Å². The Morgan fingerprint density at radius 3 is 2.84 bits per heavy atom. The van der Waals surface area contributed by atoms with Gasteiger partial charge < -0.3 is 10.1 Å². The number of thioether (sulfide) groups is 1. The van der Waals surface area contributed by atoms with Crippen LogP contribution in [0.1, 0.15) is 18.4 Å². The second-order valence-electron chi connectivity index (χ2n) is 5.99. The van der Waals surface area contributed by atoms with E-state index >= 15 is 0 Å². The van der Waals surface area contributed by atoms with Crippen LogP contribution in [-0.4, -0.2) is 36.8 Å². The monoisotopic (exact) mass is 357 g/mol. The Balaban J connectivity index is 1.83. The van der Waals surface area contributed by atoms with E-state index in [1.165, 1.54) is 16.7 Å². The summed E-state index contributed by atoms with van der Waals surface area (Å²) in [6, 6.07) is 9.39. The summed E-state index contributed by atoms with van der Waals surface area (Å²) >= 11 is 1.22. The Labute approximate surface area is 150 Å². The van der Waals surface area contributed by atoms with E-state index in [0.29, 0.717) is 23.9 Å². The van der Waals surface area contributed by atoms with E-state index in [9.17, 15) is 14.9 Å². The number of hydrogen-bond donors (Lipinski definition) is 1. The number of hydrogen-bond acceptors (Lipinski definition) is 5. The molecule has 1 aromatic carbocycles. The van der Waals surface area contributed by atoms with Crippen molar-refractivity contribution in [3.63, 3.8) is 0 Å². The number of rotatable bonds is 4. The molecule has 0 saturated carbocycles. The van der Waals surface area contributed by atoms with Gasteiger partial charge in [0.15, 0.2) is 0 Å². The third-order valence-corrected chi connectivity index (χ3v) is 5.20. The molecule has 0 bridgehead atoms. The highest BCUT2D eigenvalue weighted by atomic mass is 32.2. The molecule has 2 amide bonds. The van der Waals surface area contributed by atoms with Gasteiger partial charge in [-0.05, 0) is 31.9 Å². The number of benzene rings is 1. The first kappa shape index (κ1) is 17.5. The Morgan fingerprint density at radius 2 is 2.20 bits per heavy atom. The lowest BCUT2D eigenvalue weighted by Crippen LogP contribution is -2.34. The predicted octanol–water partition coefficient (Wildman–Crippen LogP) is 2.11. The molecule has 7 heteroatoms. The number of aryl methyl sites for hydroxylation is 1. The van der Waals surface area contributed by atoms with E-state index in [1.807, 2.05) is 37.3 Å². The minimum Gasteiger partial charge on any atom is -0.376 e. The molecule has 2 heterocycles. The Kier molecular flexibility index (Phi) is 5.41. The molecule has 0 aromatic heterocycles. The molecule has 3 rings (SSSR count). The van der Waals surface area contributed by atoms with Gasteiger partial charge in [0.25, 0.3) is 5.91 Å². The molecule has 6 nitrogen and oxygen atoms in total. The molecule has 2 saturated heterocycles. The Bertz CT molecular complexity index is 746. The standard InChI is InChI=1S/C18H19N3O3S/c1-12-4-6-13(7-5-12)21-16(22)11-25-18(21)15(9-19)17(23)20-10-14-3-2-8-24-14/h4-7,14H,2-3,8,10-11H2,1H3,(H,20,23)/b18-15-/t14-/m1/s1. The molecule has 0 aliphatic carbocycles. The highest BCUT2D eigenvalue weighted by molar-refractivity contribution is 8.04. The minimum absolute atomic E-state index is 0.0000393. The maximum atomic E-state index is 12.5. The summed E-state index contributed by atoms with van der Waals surface area (Å²) in [5.41, 5.74) is 1.70. The SMILES string of the molecule is Cc1ccc(N2C(=O)CS/C2=C(/C#N)C(=O)NC[C@H]2CCCO2)cc1. The third-order valence-electron chi connectivity index (χ3n) is 4.14. The number of nitriles is 1. The predicted molar refractivity (Wildman–Crippen MR) is 95.7 cm³/mol. The van der Waals surface area contributed by atoms with E-state index < -0.39 is 5.91 Å². The van der Waals surface area contributed by atoms with Crippen LogP contribution in [0.2, 0.25) is 0 Å². The van der Waals surface area contributed by atoms with E-state index in [0.717, 1.165) is 18.4 Å². The quantitative estimate of drug-likeness (QED) is 0.659. The fourth-order valence-electron chi connectivity index (χ4n) is 2.81. The molecule has 1 aromatic rings. The van der Waals surface area contributed by atoms with Gasteiger partial charge in [-0.15, -0.1) is 0 Å². The number of ether oxygens (including phenoxy) is 1. The zero-order valence-corrected chi connectivity index (χ0v) is 14.8. The first-order valence-corrected chi connectivity index (χ1v) is 9.15. The summed E-state index contributed by atoms with van der Waals surface area (Å²) in [5.74, 6) is -0.385. The Morgan fingerprint density at radius 1 is 1.44 bits per heavy atom. The second-order valence-corrected chi connectivity index (χ2v) is 6.95. The van der Waals surface area contributed by atoms with E-state index in [4.69, 9.17) is 4.74 Å². The van der Waals surface area contributed by atoms with Crippen LogP contribution in [0.5, 0.6) is 0 Å². The average Bonchev–Trinajstić information content (AvgIpc) is 3.25. The van der Waals surface area contributed by atoms with E-state index in [2.05, 4.69) is 5.32 Å². The maximum Gasteiger partial charge on any atom is 0.264 e. The normalized spacial score (nSPS) is 22.0. The van der Waals surface area contributed by atoms with Crippen LogP contribution in [0.4, 0.5) is 5.69 Å². The highest BCUT2D eigenvalue weighted by Crippen LogP contribution is 2.36. The molecule has 2 aliphatic heterocycles. The first-order valence-electron chi connectivity index (χ1n) is 8.16. The zero-order valence-electron chi connectivity index (χ0n) is 13.9. The number of amides is 2. The van der Waals surface area contributed by atoms with Crippen LogP contribution in [0.25, 0.3) is 0 Å². The van der Waals surface area contributed by atoms with Crippen LogP contribution in [0, 0.1) is 18.3 Å². The van der Waals surface area contributed by atoms with Crippen molar-refractivity contribution in [1.82, 2.24) is 5.32 Å². The van der Waals surface area contributed by atoms with Gasteiger partial charge >= 0.3 is 0 Å². The molecular weight excluding hydrogens is 338 g/mol. The molecule has 130 valence electrons. The summed E-state index contributed by atoms with van der Waals surface area (Å²) in [7, 11) is 0. The van der Waals surface area contributed by atoms with Gasteiger partial charge in [0.2, 0.25) is 5.91 Å². The van der Waals surface area contributed by atoms with Gasteiger partial charge in [0.1, 0.15) is 16.7 Å². The van der Waals surface area contributed by atoms with Crippen molar-refractivity contribution in [3.8, 4) is 6.07 Å². The molecule has 2 fully saturated rings.